The Kier molecular flexibility index (Phi) is 5.94. The number of anilines is 1. The van der Waals surface area contributed by atoms with Crippen LogP contribution in [0.15, 0.2) is 60.0 Å². The number of hydrogen-bond acceptors (Lipinski definition) is 5. The summed E-state index contributed by atoms with van der Waals surface area (Å²) >= 11 is 12.3. The van der Waals surface area contributed by atoms with E-state index in [2.05, 4.69) is 21.6 Å². The topological polar surface area (TPSA) is 80.5 Å². The van der Waals surface area contributed by atoms with E-state index in [-0.39, 0.29) is 23.2 Å². The summed E-state index contributed by atoms with van der Waals surface area (Å²) in [5.41, 5.74) is 2.89. The fourth-order valence-electron chi connectivity index (χ4n) is 3.17. The third-order valence-corrected chi connectivity index (χ3v) is 7.51. The number of fused-ring (bicyclic) bond motifs is 1. The van der Waals surface area contributed by atoms with Crippen molar-refractivity contribution in [3.8, 4) is 0 Å². The maximum Gasteiger partial charge on any atom is 0.267 e. The van der Waals surface area contributed by atoms with Gasteiger partial charge in [0.25, 0.3) is 21.7 Å². The van der Waals surface area contributed by atoms with E-state index < -0.39 is 10.0 Å². The molecule has 0 radical (unpaired) electrons. The lowest BCUT2D eigenvalue weighted by atomic mass is 10.1. The van der Waals surface area contributed by atoms with Crippen molar-refractivity contribution in [3.05, 3.63) is 87.7 Å². The molecule has 0 aliphatic rings. The molecule has 0 aliphatic heterocycles. The Morgan fingerprint density at radius 2 is 1.69 bits per heavy atom. The van der Waals surface area contributed by atoms with Gasteiger partial charge in [-0.15, -0.1) is 5.10 Å². The minimum Gasteiger partial charge on any atom is -0.228 e. The van der Waals surface area contributed by atoms with E-state index in [9.17, 15) is 8.42 Å². The average Bonchev–Trinajstić information content (AvgIpc) is 3.20. The predicted octanol–water partition coefficient (Wildman–Crippen LogP) is 5.09. The Hall–Kier alpha value is -2.94. The Morgan fingerprint density at radius 1 is 1.03 bits per heavy atom. The van der Waals surface area contributed by atoms with E-state index in [4.69, 9.17) is 23.2 Å². The van der Waals surface area contributed by atoms with Crippen LogP contribution in [-0.2, 0) is 16.6 Å². The molecular weight excluding hydrogens is 469 g/mol. The molecule has 0 fully saturated rings. The van der Waals surface area contributed by atoms with Gasteiger partial charge < -0.3 is 0 Å². The standard InChI is InChI=1S/C22H19Cl2N5O2S/c1-4-16-5-7-17(8-6-16)13-28(32(30,31)19-11-9-18(23)10-12-19)22-26-21-25-14(2)20(24)15(3)29(21)27-22/h4-12H,1,13H2,2-3H3. The van der Waals surface area contributed by atoms with Crippen LogP contribution in [0, 0.1) is 13.8 Å². The zero-order valence-corrected chi connectivity index (χ0v) is 19.7. The second kappa shape index (κ2) is 8.54. The minimum atomic E-state index is -4.01. The lowest BCUT2D eigenvalue weighted by Crippen LogP contribution is -2.31. The smallest absolute Gasteiger partial charge is 0.228 e. The highest BCUT2D eigenvalue weighted by Gasteiger charge is 2.29. The molecule has 10 heteroatoms. The van der Waals surface area contributed by atoms with Gasteiger partial charge in [-0.3, -0.25) is 0 Å². The molecule has 32 heavy (non-hydrogen) atoms. The van der Waals surface area contributed by atoms with Gasteiger partial charge in [-0.25, -0.2) is 17.7 Å². The Bertz CT molecular complexity index is 1420. The molecule has 0 aliphatic carbocycles. The fourth-order valence-corrected chi connectivity index (χ4v) is 4.77. The first-order chi connectivity index (χ1) is 15.2. The summed E-state index contributed by atoms with van der Waals surface area (Å²) in [6.45, 7) is 7.29. The van der Waals surface area contributed by atoms with Crippen LogP contribution in [0.2, 0.25) is 10.0 Å². The molecule has 2 aromatic heterocycles. The van der Waals surface area contributed by atoms with E-state index in [1.807, 2.05) is 24.3 Å². The Labute approximate surface area is 196 Å². The first kappa shape index (κ1) is 22.3. The summed E-state index contributed by atoms with van der Waals surface area (Å²) in [6, 6.07) is 13.3. The number of rotatable bonds is 6. The maximum atomic E-state index is 13.6. The minimum absolute atomic E-state index is 0.00925. The lowest BCUT2D eigenvalue weighted by Gasteiger charge is -2.21. The summed E-state index contributed by atoms with van der Waals surface area (Å²) in [6.07, 6.45) is 1.72. The maximum absolute atomic E-state index is 13.6. The van der Waals surface area contributed by atoms with Crippen LogP contribution in [0.3, 0.4) is 0 Å². The molecule has 0 spiro atoms. The number of hydrogen-bond donors (Lipinski definition) is 0. The van der Waals surface area contributed by atoms with Gasteiger partial charge >= 0.3 is 0 Å². The van der Waals surface area contributed by atoms with Gasteiger partial charge in [0.2, 0.25) is 0 Å². The summed E-state index contributed by atoms with van der Waals surface area (Å²) < 4.78 is 29.8. The molecular formula is C22H19Cl2N5O2S. The van der Waals surface area contributed by atoms with E-state index in [0.717, 1.165) is 15.4 Å². The third kappa shape index (κ3) is 4.09. The third-order valence-electron chi connectivity index (χ3n) is 4.97. The highest BCUT2D eigenvalue weighted by Crippen LogP contribution is 2.27. The van der Waals surface area contributed by atoms with Crippen LogP contribution in [0.1, 0.15) is 22.5 Å². The van der Waals surface area contributed by atoms with Gasteiger partial charge in [0.1, 0.15) is 0 Å². The van der Waals surface area contributed by atoms with E-state index in [1.54, 1.807) is 19.9 Å². The number of nitrogens with zero attached hydrogens (tertiary/aromatic N) is 5. The predicted molar refractivity (Wildman–Crippen MR) is 127 cm³/mol. The highest BCUT2D eigenvalue weighted by molar-refractivity contribution is 7.92. The molecule has 7 nitrogen and oxygen atoms in total. The van der Waals surface area contributed by atoms with Gasteiger partial charge in [-0.1, -0.05) is 60.1 Å². The molecule has 0 amide bonds. The quantitative estimate of drug-likeness (QED) is 0.378. The molecule has 0 bridgehead atoms. The first-order valence-corrected chi connectivity index (χ1v) is 11.8. The lowest BCUT2D eigenvalue weighted by molar-refractivity contribution is 0.589. The molecule has 4 rings (SSSR count). The van der Waals surface area contributed by atoms with Crippen molar-refractivity contribution in [2.75, 3.05) is 4.31 Å². The van der Waals surface area contributed by atoms with Crippen molar-refractivity contribution in [1.29, 1.82) is 0 Å². The van der Waals surface area contributed by atoms with Crippen LogP contribution < -0.4 is 4.31 Å². The molecule has 2 heterocycles. The number of aromatic nitrogens is 4. The zero-order valence-electron chi connectivity index (χ0n) is 17.3. The van der Waals surface area contributed by atoms with Crippen molar-refractivity contribution in [3.63, 3.8) is 0 Å². The monoisotopic (exact) mass is 487 g/mol. The number of aryl methyl sites for hydroxylation is 2. The van der Waals surface area contributed by atoms with Crippen LogP contribution >= 0.6 is 23.2 Å². The second-order valence-electron chi connectivity index (χ2n) is 7.13. The second-order valence-corrected chi connectivity index (χ2v) is 9.81. The largest absolute Gasteiger partial charge is 0.267 e. The van der Waals surface area contributed by atoms with Crippen LogP contribution in [-0.4, -0.2) is 28.0 Å². The van der Waals surface area contributed by atoms with E-state index in [0.29, 0.717) is 21.4 Å². The first-order valence-electron chi connectivity index (χ1n) is 9.60. The van der Waals surface area contributed by atoms with Gasteiger partial charge in [-0.05, 0) is 49.2 Å². The summed E-state index contributed by atoms with van der Waals surface area (Å²) in [5, 5.41) is 5.30. The Balaban J connectivity index is 1.86. The van der Waals surface area contributed by atoms with Crippen LogP contribution in [0.5, 0.6) is 0 Å². The molecule has 4 aromatic rings. The van der Waals surface area contributed by atoms with Gasteiger partial charge in [0.05, 0.1) is 27.9 Å². The van der Waals surface area contributed by atoms with E-state index in [1.165, 1.54) is 28.8 Å². The highest BCUT2D eigenvalue weighted by atomic mass is 35.5. The van der Waals surface area contributed by atoms with Crippen molar-refractivity contribution in [1.82, 2.24) is 19.6 Å². The SMILES string of the molecule is C=Cc1ccc(CN(c2nc3nc(C)c(Cl)c(C)n3n2)S(=O)(=O)c2ccc(Cl)cc2)cc1. The van der Waals surface area contributed by atoms with Crippen LogP contribution in [0.25, 0.3) is 11.9 Å². The Morgan fingerprint density at radius 3 is 2.31 bits per heavy atom. The molecule has 0 saturated heterocycles. The summed E-state index contributed by atoms with van der Waals surface area (Å²) in [5.74, 6) is 0.253. The van der Waals surface area contributed by atoms with Crippen molar-refractivity contribution >= 4 is 51.0 Å². The molecule has 2 aromatic carbocycles. The van der Waals surface area contributed by atoms with Crippen molar-refractivity contribution in [2.24, 2.45) is 0 Å². The molecule has 0 N–H and O–H groups in total. The number of sulfonamides is 1. The van der Waals surface area contributed by atoms with E-state index >= 15 is 0 Å². The number of halogens is 2. The van der Waals surface area contributed by atoms with Gasteiger partial charge in [0.15, 0.2) is 0 Å². The summed E-state index contributed by atoms with van der Waals surface area (Å²) in [7, 11) is -4.01. The van der Waals surface area contributed by atoms with Gasteiger partial charge in [0, 0.05) is 5.02 Å². The fraction of sp³-hybridized carbons (Fsp3) is 0.136. The summed E-state index contributed by atoms with van der Waals surface area (Å²) in [4.78, 5) is 8.82. The zero-order chi connectivity index (χ0) is 23.0. The van der Waals surface area contributed by atoms with Crippen molar-refractivity contribution < 1.29 is 8.42 Å². The van der Waals surface area contributed by atoms with Crippen LogP contribution in [0.4, 0.5) is 5.95 Å². The molecule has 0 saturated carbocycles. The normalized spacial score (nSPS) is 11.6. The average molecular weight is 488 g/mol. The molecule has 0 unspecified atom stereocenters. The van der Waals surface area contributed by atoms with Gasteiger partial charge in [-0.2, -0.15) is 9.50 Å². The molecule has 0 atom stereocenters. The molecule has 164 valence electrons. The number of benzene rings is 2. The van der Waals surface area contributed by atoms with Crippen molar-refractivity contribution in [2.45, 2.75) is 25.3 Å².